The maximum absolute atomic E-state index is 12.8. The van der Waals surface area contributed by atoms with Gasteiger partial charge in [-0.25, -0.2) is 4.79 Å². The maximum atomic E-state index is 12.8. The minimum atomic E-state index is -0.473. The lowest BCUT2D eigenvalue weighted by atomic mass is 9.91. The monoisotopic (exact) mass is 346 g/mol. The number of rotatable bonds is 2. The average Bonchev–Trinajstić information content (AvgIpc) is 2.61. The van der Waals surface area contributed by atoms with Crippen LogP contribution in [0.15, 0.2) is 30.3 Å². The molecule has 2 heterocycles. The number of amides is 1. The van der Waals surface area contributed by atoms with Crippen molar-refractivity contribution < 1.29 is 14.3 Å². The molecule has 5 nitrogen and oxygen atoms in total. The van der Waals surface area contributed by atoms with Crippen LogP contribution in [0.5, 0.6) is 0 Å². The number of carbonyl (C=O) groups is 1. The Kier molecular flexibility index (Phi) is 5.64. The van der Waals surface area contributed by atoms with E-state index < -0.39 is 5.60 Å². The highest BCUT2D eigenvalue weighted by atomic mass is 16.6. The summed E-state index contributed by atoms with van der Waals surface area (Å²) in [5.74, 6) is 0. The maximum Gasteiger partial charge on any atom is 0.410 e. The Bertz CT molecular complexity index is 564. The lowest BCUT2D eigenvalue weighted by molar-refractivity contribution is -0.0232. The lowest BCUT2D eigenvalue weighted by Gasteiger charge is -2.44. The van der Waals surface area contributed by atoms with Crippen LogP contribution in [0.4, 0.5) is 4.79 Å². The van der Waals surface area contributed by atoms with Crippen LogP contribution >= 0.6 is 0 Å². The summed E-state index contributed by atoms with van der Waals surface area (Å²) in [5.41, 5.74) is 0.714. The second-order valence-electron chi connectivity index (χ2n) is 7.93. The minimum Gasteiger partial charge on any atom is -0.444 e. The molecule has 1 aromatic rings. The van der Waals surface area contributed by atoms with Crippen LogP contribution in [0.1, 0.15) is 45.2 Å². The van der Waals surface area contributed by atoms with Gasteiger partial charge in [0, 0.05) is 25.7 Å². The highest BCUT2D eigenvalue weighted by molar-refractivity contribution is 5.69. The SMILES string of the molecule is CC(C)(C)OC(=O)N1CCC(N2CCOCC2)C[C@@H]1c1ccccc1. The second-order valence-corrected chi connectivity index (χ2v) is 7.93. The van der Waals surface area contributed by atoms with Crippen LogP contribution in [0.2, 0.25) is 0 Å². The van der Waals surface area contributed by atoms with Gasteiger partial charge < -0.3 is 14.4 Å². The summed E-state index contributed by atoms with van der Waals surface area (Å²) in [6.45, 7) is 10.1. The van der Waals surface area contributed by atoms with Crippen LogP contribution in [-0.2, 0) is 9.47 Å². The first-order valence-corrected chi connectivity index (χ1v) is 9.30. The fourth-order valence-corrected chi connectivity index (χ4v) is 3.75. The highest BCUT2D eigenvalue weighted by Crippen LogP contribution is 2.34. The largest absolute Gasteiger partial charge is 0.444 e. The molecule has 25 heavy (non-hydrogen) atoms. The van der Waals surface area contributed by atoms with Gasteiger partial charge in [-0.3, -0.25) is 4.90 Å². The van der Waals surface area contributed by atoms with Crippen molar-refractivity contribution in [2.24, 2.45) is 0 Å². The Morgan fingerprint density at radius 3 is 2.44 bits per heavy atom. The molecule has 5 heteroatoms. The molecule has 2 atom stereocenters. The summed E-state index contributed by atoms with van der Waals surface area (Å²) >= 11 is 0. The van der Waals surface area contributed by atoms with E-state index in [2.05, 4.69) is 17.0 Å². The zero-order chi connectivity index (χ0) is 17.9. The molecule has 1 aromatic carbocycles. The van der Waals surface area contributed by atoms with Crippen molar-refractivity contribution in [2.45, 2.75) is 51.3 Å². The van der Waals surface area contributed by atoms with Crippen molar-refractivity contribution in [3.05, 3.63) is 35.9 Å². The Morgan fingerprint density at radius 1 is 1.12 bits per heavy atom. The fraction of sp³-hybridized carbons (Fsp3) is 0.650. The first-order valence-electron chi connectivity index (χ1n) is 9.30. The van der Waals surface area contributed by atoms with E-state index in [4.69, 9.17) is 9.47 Å². The van der Waals surface area contributed by atoms with Crippen LogP contribution in [-0.4, -0.2) is 60.4 Å². The van der Waals surface area contributed by atoms with Crippen LogP contribution in [0.25, 0.3) is 0 Å². The zero-order valence-corrected chi connectivity index (χ0v) is 15.6. The highest BCUT2D eigenvalue weighted by Gasteiger charge is 2.37. The van der Waals surface area contributed by atoms with Gasteiger partial charge in [0.1, 0.15) is 5.60 Å². The van der Waals surface area contributed by atoms with Crippen LogP contribution in [0.3, 0.4) is 0 Å². The van der Waals surface area contributed by atoms with Crippen molar-refractivity contribution in [1.82, 2.24) is 9.80 Å². The summed E-state index contributed by atoms with van der Waals surface area (Å²) in [6.07, 6.45) is 1.73. The number of piperidine rings is 1. The molecule has 138 valence electrons. The number of morpholine rings is 1. The van der Waals surface area contributed by atoms with E-state index in [9.17, 15) is 4.79 Å². The van der Waals surface area contributed by atoms with Gasteiger partial charge >= 0.3 is 6.09 Å². The van der Waals surface area contributed by atoms with Crippen molar-refractivity contribution in [3.8, 4) is 0 Å². The van der Waals surface area contributed by atoms with Gasteiger partial charge in [0.15, 0.2) is 0 Å². The Balaban J connectivity index is 1.77. The third kappa shape index (κ3) is 4.73. The van der Waals surface area contributed by atoms with E-state index >= 15 is 0 Å². The van der Waals surface area contributed by atoms with Crippen molar-refractivity contribution >= 4 is 6.09 Å². The molecule has 2 aliphatic heterocycles. The molecule has 1 amide bonds. The van der Waals surface area contributed by atoms with Crippen molar-refractivity contribution in [3.63, 3.8) is 0 Å². The Labute approximate surface area is 150 Å². The lowest BCUT2D eigenvalue weighted by Crippen LogP contribution is -2.51. The average molecular weight is 346 g/mol. The zero-order valence-electron chi connectivity index (χ0n) is 15.6. The number of benzene rings is 1. The van der Waals surface area contributed by atoms with E-state index in [0.717, 1.165) is 45.7 Å². The van der Waals surface area contributed by atoms with Gasteiger partial charge in [-0.2, -0.15) is 0 Å². The van der Waals surface area contributed by atoms with E-state index in [-0.39, 0.29) is 12.1 Å². The molecule has 2 fully saturated rings. The smallest absolute Gasteiger partial charge is 0.410 e. The van der Waals surface area contributed by atoms with Gasteiger partial charge in [-0.15, -0.1) is 0 Å². The van der Waals surface area contributed by atoms with Crippen LogP contribution in [0, 0.1) is 0 Å². The standard InChI is InChI=1S/C20H30N2O3/c1-20(2,3)25-19(23)22-10-9-17(21-11-13-24-14-12-21)15-18(22)16-7-5-4-6-8-16/h4-8,17-18H,9-15H2,1-3H3/t17?,18-/m1/s1. The molecule has 0 aliphatic carbocycles. The van der Waals surface area contributed by atoms with Gasteiger partial charge in [-0.1, -0.05) is 30.3 Å². The molecular weight excluding hydrogens is 316 g/mol. The van der Waals surface area contributed by atoms with E-state index in [1.54, 1.807) is 0 Å². The first-order chi connectivity index (χ1) is 11.9. The number of likely N-dealkylation sites (tertiary alicyclic amines) is 1. The second kappa shape index (κ2) is 7.75. The molecule has 2 saturated heterocycles. The summed E-state index contributed by atoms with van der Waals surface area (Å²) in [7, 11) is 0. The molecule has 3 rings (SSSR count). The quantitative estimate of drug-likeness (QED) is 0.822. The summed E-state index contributed by atoms with van der Waals surface area (Å²) in [5, 5.41) is 0. The Hall–Kier alpha value is -1.59. The topological polar surface area (TPSA) is 42.0 Å². The Morgan fingerprint density at radius 2 is 1.80 bits per heavy atom. The van der Waals surface area contributed by atoms with Gasteiger partial charge in [-0.05, 0) is 39.2 Å². The summed E-state index contributed by atoms with van der Waals surface area (Å²) in [6, 6.07) is 10.9. The molecule has 0 saturated carbocycles. The van der Waals surface area contributed by atoms with Crippen molar-refractivity contribution in [1.29, 1.82) is 0 Å². The number of carbonyl (C=O) groups excluding carboxylic acids is 1. The minimum absolute atomic E-state index is 0.0673. The first kappa shape index (κ1) is 18.2. The molecule has 0 bridgehead atoms. The normalized spacial score (nSPS) is 25.6. The molecule has 1 unspecified atom stereocenters. The van der Waals surface area contributed by atoms with Gasteiger partial charge in [0.25, 0.3) is 0 Å². The molecule has 0 aromatic heterocycles. The number of ether oxygens (including phenoxy) is 2. The van der Waals surface area contributed by atoms with Crippen LogP contribution < -0.4 is 0 Å². The molecule has 0 spiro atoms. The van der Waals surface area contributed by atoms with Gasteiger partial charge in [0.05, 0.1) is 19.3 Å². The predicted molar refractivity (Wildman–Crippen MR) is 97.5 cm³/mol. The van der Waals surface area contributed by atoms with Gasteiger partial charge in [0.2, 0.25) is 0 Å². The van der Waals surface area contributed by atoms with E-state index in [1.807, 2.05) is 43.9 Å². The summed E-state index contributed by atoms with van der Waals surface area (Å²) in [4.78, 5) is 17.2. The molecule has 2 aliphatic rings. The molecule has 0 radical (unpaired) electrons. The number of nitrogens with zero attached hydrogens (tertiary/aromatic N) is 2. The molecule has 0 N–H and O–H groups in total. The third-order valence-electron chi connectivity index (χ3n) is 4.95. The van der Waals surface area contributed by atoms with E-state index in [1.165, 1.54) is 5.56 Å². The molecular formula is C20H30N2O3. The number of hydrogen-bond acceptors (Lipinski definition) is 4. The third-order valence-corrected chi connectivity index (χ3v) is 4.95. The number of hydrogen-bond donors (Lipinski definition) is 0. The van der Waals surface area contributed by atoms with Crippen molar-refractivity contribution in [2.75, 3.05) is 32.8 Å². The fourth-order valence-electron chi connectivity index (χ4n) is 3.75. The summed E-state index contributed by atoms with van der Waals surface area (Å²) < 4.78 is 11.2. The predicted octanol–water partition coefficient (Wildman–Crippen LogP) is 3.46. The van der Waals surface area contributed by atoms with E-state index in [0.29, 0.717) is 6.04 Å².